The molecule has 0 aromatic rings. The van der Waals surface area contributed by atoms with Crippen molar-refractivity contribution in [1.82, 2.24) is 0 Å². The zero-order valence-electron chi connectivity index (χ0n) is 7.81. The largest absolute Gasteiger partial charge is 0.460 e. The van der Waals surface area contributed by atoms with Crippen LogP contribution in [-0.4, -0.2) is 41.6 Å². The van der Waals surface area contributed by atoms with Gasteiger partial charge in [0.05, 0.1) is 0 Å². The summed E-state index contributed by atoms with van der Waals surface area (Å²) >= 11 is 0. The smallest absolute Gasteiger partial charge is 0.334 e. The third-order valence-electron chi connectivity index (χ3n) is 1.91. The van der Waals surface area contributed by atoms with Crippen LogP contribution in [-0.2, 0) is 0 Å². The number of hydrogen-bond donors (Lipinski definition) is 1. The summed E-state index contributed by atoms with van der Waals surface area (Å²) in [7, 11) is 0. The van der Waals surface area contributed by atoms with Crippen LogP contribution in [0.2, 0.25) is 0 Å². The molecule has 1 atom stereocenters. The van der Waals surface area contributed by atoms with E-state index in [-0.39, 0.29) is 0 Å². The maximum Gasteiger partial charge on any atom is 0.460 e. The molecule has 0 aliphatic rings. The highest BCUT2D eigenvalue weighted by molar-refractivity contribution is 5.08. The van der Waals surface area contributed by atoms with Gasteiger partial charge in [0.15, 0.2) is 0 Å². The number of alkyl halides is 11. The molecule has 1 unspecified atom stereocenters. The van der Waals surface area contributed by atoms with Crippen LogP contribution in [0.5, 0.6) is 0 Å². The van der Waals surface area contributed by atoms with Gasteiger partial charge in [-0.3, -0.25) is 0 Å². The average molecular weight is 300 g/mol. The monoisotopic (exact) mass is 300 g/mol. The van der Waals surface area contributed by atoms with Gasteiger partial charge in [-0.15, -0.1) is 0 Å². The molecule has 0 amide bonds. The molecule has 1 nitrogen and oxygen atoms in total. The highest BCUT2D eigenvalue weighted by Gasteiger charge is 2.86. The first-order chi connectivity index (χ1) is 7.56. The second-order valence-corrected chi connectivity index (χ2v) is 3.12. The van der Waals surface area contributed by atoms with Crippen molar-refractivity contribution in [1.29, 1.82) is 0 Å². The third kappa shape index (κ3) is 2.10. The fourth-order valence-corrected chi connectivity index (χ4v) is 0.780. The maximum absolute atomic E-state index is 12.7. The first kappa shape index (κ1) is 17.2. The highest BCUT2D eigenvalue weighted by Crippen LogP contribution is 2.56. The van der Waals surface area contributed by atoms with E-state index in [2.05, 4.69) is 0 Å². The summed E-state index contributed by atoms with van der Waals surface area (Å²) in [5, 5.41) is 7.57. The van der Waals surface area contributed by atoms with E-state index in [0.717, 1.165) is 0 Å². The lowest BCUT2D eigenvalue weighted by atomic mass is 9.92. The van der Waals surface area contributed by atoms with Crippen molar-refractivity contribution < 1.29 is 53.4 Å². The van der Waals surface area contributed by atoms with Crippen molar-refractivity contribution in [2.75, 3.05) is 6.67 Å². The van der Waals surface area contributed by atoms with Crippen LogP contribution >= 0.6 is 0 Å². The van der Waals surface area contributed by atoms with Gasteiger partial charge >= 0.3 is 24.1 Å². The van der Waals surface area contributed by atoms with Gasteiger partial charge in [-0.2, -0.15) is 39.5 Å². The number of rotatable bonds is 4. The Balaban J connectivity index is 5.91. The Bertz CT molecular complexity index is 302. The zero-order valence-corrected chi connectivity index (χ0v) is 7.81. The Kier molecular flexibility index (Phi) is 3.91. The molecule has 0 radical (unpaired) electrons. The predicted molar refractivity (Wildman–Crippen MR) is 32.9 cm³/mol. The van der Waals surface area contributed by atoms with Crippen LogP contribution < -0.4 is 0 Å². The van der Waals surface area contributed by atoms with E-state index in [9.17, 15) is 48.3 Å². The van der Waals surface area contributed by atoms with E-state index in [1.54, 1.807) is 0 Å². The highest BCUT2D eigenvalue weighted by atomic mass is 19.4. The number of aliphatic hydroxyl groups is 1. The molecule has 0 spiro atoms. The van der Waals surface area contributed by atoms with Crippen molar-refractivity contribution >= 4 is 0 Å². The van der Waals surface area contributed by atoms with Crippen molar-refractivity contribution in [2.24, 2.45) is 0 Å². The van der Waals surface area contributed by atoms with E-state index in [0.29, 0.717) is 0 Å². The molecule has 12 heteroatoms. The summed E-state index contributed by atoms with van der Waals surface area (Å²) in [6.45, 7) is -3.67. The van der Waals surface area contributed by atoms with Gasteiger partial charge in [-0.1, -0.05) is 0 Å². The van der Waals surface area contributed by atoms with Crippen molar-refractivity contribution in [3.63, 3.8) is 0 Å². The second kappa shape index (κ2) is 4.10. The first-order valence-electron chi connectivity index (χ1n) is 3.73. The third-order valence-corrected chi connectivity index (χ3v) is 1.91. The van der Waals surface area contributed by atoms with Crippen LogP contribution in [0, 0.1) is 0 Å². The number of hydrogen-bond acceptors (Lipinski definition) is 1. The molecule has 0 saturated heterocycles. The van der Waals surface area contributed by atoms with Crippen molar-refractivity contribution in [3.05, 3.63) is 0 Å². The van der Waals surface area contributed by atoms with Gasteiger partial charge in [0.1, 0.15) is 6.67 Å². The molecular formula is C6H3F11O. The predicted octanol–water partition coefficient (Wildman–Crippen LogP) is 3.08. The Morgan fingerprint density at radius 1 is 0.667 bits per heavy atom. The molecule has 1 N–H and O–H groups in total. The Hall–Kier alpha value is -0.810. The van der Waals surface area contributed by atoms with Gasteiger partial charge in [0.25, 0.3) is 5.67 Å². The molecule has 0 saturated carbocycles. The van der Waals surface area contributed by atoms with Gasteiger partial charge in [-0.05, 0) is 0 Å². The van der Waals surface area contributed by atoms with Gasteiger partial charge < -0.3 is 5.11 Å². The minimum absolute atomic E-state index is 3.67. The van der Waals surface area contributed by atoms with E-state index >= 15 is 0 Å². The molecule has 110 valence electrons. The summed E-state index contributed by atoms with van der Waals surface area (Å²) in [6.07, 6.45) is -13.6. The molecule has 0 aromatic heterocycles. The van der Waals surface area contributed by atoms with Crippen LogP contribution in [0.15, 0.2) is 0 Å². The fraction of sp³-hybridized carbons (Fsp3) is 1.00. The van der Waals surface area contributed by atoms with E-state index < -0.39 is 36.5 Å². The summed E-state index contributed by atoms with van der Waals surface area (Å²) in [5.41, 5.74) is -6.43. The molecule has 0 fully saturated rings. The Morgan fingerprint density at radius 3 is 1.17 bits per heavy atom. The Labute approximate surface area is 91.2 Å². The molecule has 0 rings (SSSR count). The summed E-state index contributed by atoms with van der Waals surface area (Å²) in [4.78, 5) is 0. The van der Waals surface area contributed by atoms with Crippen molar-refractivity contribution in [2.45, 2.75) is 29.8 Å². The lowest BCUT2D eigenvalue weighted by Crippen LogP contribution is -2.69. The number of halogens is 11. The zero-order chi connectivity index (χ0) is 15.2. The molecule has 18 heavy (non-hydrogen) atoms. The van der Waals surface area contributed by atoms with Crippen LogP contribution in [0.3, 0.4) is 0 Å². The van der Waals surface area contributed by atoms with E-state index in [4.69, 9.17) is 5.11 Å². The molecule has 0 aliphatic heterocycles. The molecule has 0 heterocycles. The van der Waals surface area contributed by atoms with Gasteiger partial charge in [0, 0.05) is 0 Å². The van der Waals surface area contributed by atoms with Gasteiger partial charge in [0.2, 0.25) is 0 Å². The maximum atomic E-state index is 12.7. The van der Waals surface area contributed by atoms with Crippen molar-refractivity contribution in [3.8, 4) is 0 Å². The summed E-state index contributed by atoms with van der Waals surface area (Å²) < 4.78 is 132. The molecule has 0 bridgehead atoms. The quantitative estimate of drug-likeness (QED) is 0.791. The topological polar surface area (TPSA) is 20.2 Å². The van der Waals surface area contributed by atoms with E-state index in [1.165, 1.54) is 0 Å². The normalized spacial score (nSPS) is 18.7. The summed E-state index contributed by atoms with van der Waals surface area (Å²) in [6, 6.07) is 0. The van der Waals surface area contributed by atoms with Gasteiger partial charge in [-0.25, -0.2) is 8.78 Å². The first-order valence-corrected chi connectivity index (χ1v) is 3.73. The SMILES string of the molecule is OC(F)(F)C(F)(CF)C(F)(F)C(F)(F)C(F)(F)F. The minimum Gasteiger partial charge on any atom is -0.334 e. The van der Waals surface area contributed by atoms with Crippen LogP contribution in [0.25, 0.3) is 0 Å². The molecule has 0 aliphatic carbocycles. The minimum atomic E-state index is -7.31. The van der Waals surface area contributed by atoms with Crippen LogP contribution in [0.4, 0.5) is 48.3 Å². The second-order valence-electron chi connectivity index (χ2n) is 3.12. The Morgan fingerprint density at radius 2 is 1.00 bits per heavy atom. The standard InChI is InChI=1S/C6H3F11O/c7-1-2(8,6(16,17)18)3(9,10)4(11,12)5(13,14)15/h18H,1H2. The van der Waals surface area contributed by atoms with Crippen LogP contribution in [0.1, 0.15) is 0 Å². The molecule has 0 aromatic carbocycles. The van der Waals surface area contributed by atoms with E-state index in [1.807, 2.05) is 0 Å². The molecular weight excluding hydrogens is 297 g/mol. The lowest BCUT2D eigenvalue weighted by molar-refractivity contribution is -0.423. The average Bonchev–Trinajstić information content (AvgIpc) is 2.12. The lowest BCUT2D eigenvalue weighted by Gasteiger charge is -2.38. The fourth-order valence-electron chi connectivity index (χ4n) is 0.780. The summed E-state index contributed by atoms with van der Waals surface area (Å²) in [5.74, 6) is -14.5.